The van der Waals surface area contributed by atoms with Crippen LogP contribution in [0.1, 0.15) is 6.92 Å². The highest BCUT2D eigenvalue weighted by atomic mass is 32.2. The average molecular weight is 273 g/mol. The van der Waals surface area contributed by atoms with Crippen LogP contribution in [-0.4, -0.2) is 44.3 Å². The van der Waals surface area contributed by atoms with Crippen LogP contribution in [0.25, 0.3) is 0 Å². The molecular formula is C11H15NO5S. The number of hydrogen-bond donors (Lipinski definition) is 1. The lowest BCUT2D eigenvalue weighted by Gasteiger charge is -2.19. The number of nitrogens with zero attached hydrogens (tertiary/aromatic N) is 1. The molecule has 0 radical (unpaired) electrons. The Morgan fingerprint density at radius 3 is 2.72 bits per heavy atom. The van der Waals surface area contributed by atoms with E-state index in [0.717, 1.165) is 0 Å². The molecule has 0 aromatic heterocycles. The Kier molecular flexibility index (Phi) is 3.74. The van der Waals surface area contributed by atoms with Gasteiger partial charge >= 0.3 is 0 Å². The third-order valence-corrected chi connectivity index (χ3v) is 4.65. The van der Waals surface area contributed by atoms with Crippen molar-refractivity contribution in [2.45, 2.75) is 11.8 Å². The highest BCUT2D eigenvalue weighted by Crippen LogP contribution is 2.34. The van der Waals surface area contributed by atoms with Crippen molar-refractivity contribution in [2.24, 2.45) is 0 Å². The van der Waals surface area contributed by atoms with Gasteiger partial charge in [0.15, 0.2) is 11.5 Å². The van der Waals surface area contributed by atoms with E-state index < -0.39 is 10.0 Å². The minimum Gasteiger partial charge on any atom is -0.454 e. The second-order valence-corrected chi connectivity index (χ2v) is 5.67. The number of fused-ring (bicyclic) bond motifs is 1. The highest BCUT2D eigenvalue weighted by Gasteiger charge is 2.25. The molecule has 0 atom stereocenters. The lowest BCUT2D eigenvalue weighted by Crippen LogP contribution is -2.33. The van der Waals surface area contributed by atoms with Gasteiger partial charge in [0.25, 0.3) is 0 Å². The first-order valence-electron chi connectivity index (χ1n) is 5.60. The van der Waals surface area contributed by atoms with E-state index in [1.165, 1.54) is 16.4 Å². The van der Waals surface area contributed by atoms with Gasteiger partial charge in [0.05, 0.1) is 11.5 Å². The number of aliphatic hydroxyl groups is 1. The molecular weight excluding hydrogens is 258 g/mol. The molecule has 0 unspecified atom stereocenters. The van der Waals surface area contributed by atoms with E-state index in [2.05, 4.69) is 0 Å². The van der Waals surface area contributed by atoms with E-state index in [9.17, 15) is 8.42 Å². The Morgan fingerprint density at radius 2 is 2.06 bits per heavy atom. The van der Waals surface area contributed by atoms with Crippen molar-refractivity contribution in [3.05, 3.63) is 18.2 Å². The van der Waals surface area contributed by atoms with Crippen LogP contribution in [-0.2, 0) is 10.0 Å². The summed E-state index contributed by atoms with van der Waals surface area (Å²) in [5.41, 5.74) is 0. The van der Waals surface area contributed by atoms with Crippen LogP contribution in [0.5, 0.6) is 11.5 Å². The van der Waals surface area contributed by atoms with Crippen molar-refractivity contribution < 1.29 is 23.0 Å². The number of likely N-dealkylation sites (N-methyl/N-ethyl adjacent to an activating group) is 1. The molecule has 0 spiro atoms. The summed E-state index contributed by atoms with van der Waals surface area (Å²) in [6.07, 6.45) is 0. The van der Waals surface area contributed by atoms with Crippen molar-refractivity contribution >= 4 is 10.0 Å². The van der Waals surface area contributed by atoms with Crippen LogP contribution < -0.4 is 9.47 Å². The zero-order valence-corrected chi connectivity index (χ0v) is 10.8. The molecule has 1 aliphatic heterocycles. The number of rotatable bonds is 5. The molecule has 0 bridgehead atoms. The summed E-state index contributed by atoms with van der Waals surface area (Å²) in [4.78, 5) is 0.141. The Hall–Kier alpha value is -1.31. The Balaban J connectivity index is 2.35. The van der Waals surface area contributed by atoms with Gasteiger partial charge in [-0.15, -0.1) is 0 Å². The maximum atomic E-state index is 12.3. The van der Waals surface area contributed by atoms with E-state index in [4.69, 9.17) is 14.6 Å². The molecule has 1 N–H and O–H groups in total. The van der Waals surface area contributed by atoms with Crippen molar-refractivity contribution in [3.63, 3.8) is 0 Å². The van der Waals surface area contributed by atoms with Crippen molar-refractivity contribution in [1.82, 2.24) is 4.31 Å². The number of ether oxygens (including phenoxy) is 2. The summed E-state index contributed by atoms with van der Waals surface area (Å²) in [7, 11) is -3.60. The Morgan fingerprint density at radius 1 is 1.33 bits per heavy atom. The second kappa shape index (κ2) is 5.13. The molecule has 1 heterocycles. The van der Waals surface area contributed by atoms with Crippen LogP contribution in [0, 0.1) is 0 Å². The lowest BCUT2D eigenvalue weighted by atomic mass is 10.3. The fraction of sp³-hybridized carbons (Fsp3) is 0.455. The van der Waals surface area contributed by atoms with E-state index in [1.54, 1.807) is 13.0 Å². The summed E-state index contributed by atoms with van der Waals surface area (Å²) in [6, 6.07) is 4.49. The third kappa shape index (κ3) is 2.29. The third-order valence-electron chi connectivity index (χ3n) is 2.68. The average Bonchev–Trinajstić information content (AvgIpc) is 2.82. The van der Waals surface area contributed by atoms with Gasteiger partial charge in [0, 0.05) is 19.2 Å². The van der Waals surface area contributed by atoms with Gasteiger partial charge in [-0.1, -0.05) is 6.92 Å². The summed E-state index contributed by atoms with van der Waals surface area (Å²) < 4.78 is 36.0. The normalized spacial score (nSPS) is 14.2. The molecule has 0 amide bonds. The van der Waals surface area contributed by atoms with E-state index >= 15 is 0 Å². The highest BCUT2D eigenvalue weighted by molar-refractivity contribution is 7.89. The number of benzene rings is 1. The van der Waals surface area contributed by atoms with Gasteiger partial charge in [-0.25, -0.2) is 8.42 Å². The summed E-state index contributed by atoms with van der Waals surface area (Å²) in [5, 5.41) is 8.88. The minimum absolute atomic E-state index is 0.0767. The van der Waals surface area contributed by atoms with Crippen molar-refractivity contribution in [3.8, 4) is 11.5 Å². The molecule has 0 aliphatic carbocycles. The monoisotopic (exact) mass is 273 g/mol. The molecule has 0 saturated carbocycles. The number of sulfonamides is 1. The molecule has 2 rings (SSSR count). The maximum Gasteiger partial charge on any atom is 0.243 e. The van der Waals surface area contributed by atoms with Gasteiger partial charge in [-0.05, 0) is 12.1 Å². The molecule has 18 heavy (non-hydrogen) atoms. The topological polar surface area (TPSA) is 76.1 Å². The van der Waals surface area contributed by atoms with E-state index in [-0.39, 0.29) is 24.8 Å². The molecule has 6 nitrogen and oxygen atoms in total. The van der Waals surface area contributed by atoms with Gasteiger partial charge < -0.3 is 14.6 Å². The zero-order valence-electron chi connectivity index (χ0n) is 10.00. The number of aliphatic hydroxyl groups excluding tert-OH is 1. The Bertz CT molecular complexity index is 528. The maximum absolute atomic E-state index is 12.3. The fourth-order valence-electron chi connectivity index (χ4n) is 1.75. The van der Waals surface area contributed by atoms with Gasteiger partial charge in [0.2, 0.25) is 16.8 Å². The fourth-order valence-corrected chi connectivity index (χ4v) is 3.20. The predicted octanol–water partition coefficient (Wildman–Crippen LogP) is 0.418. The molecule has 100 valence electrons. The molecule has 1 aliphatic rings. The summed E-state index contributed by atoms with van der Waals surface area (Å²) in [5.74, 6) is 0.968. The van der Waals surface area contributed by atoms with Crippen LogP contribution in [0.4, 0.5) is 0 Å². The molecule has 0 saturated heterocycles. The SMILES string of the molecule is CCN(CCO)S(=O)(=O)c1ccc2c(c1)OCO2. The van der Waals surface area contributed by atoms with Crippen LogP contribution in [0.2, 0.25) is 0 Å². The largest absolute Gasteiger partial charge is 0.454 e. The summed E-state index contributed by atoms with van der Waals surface area (Å²) in [6.45, 7) is 2.00. The first-order valence-corrected chi connectivity index (χ1v) is 7.04. The molecule has 7 heteroatoms. The van der Waals surface area contributed by atoms with Gasteiger partial charge in [0.1, 0.15) is 0 Å². The quantitative estimate of drug-likeness (QED) is 0.841. The standard InChI is InChI=1S/C11H15NO5S/c1-2-12(5-6-13)18(14,15)9-3-4-10-11(7-9)17-8-16-10/h3-4,7,13H,2,5-6,8H2,1H3. The smallest absolute Gasteiger partial charge is 0.243 e. The van der Waals surface area contributed by atoms with Gasteiger partial charge in [-0.3, -0.25) is 0 Å². The first kappa shape index (κ1) is 13.1. The molecule has 1 aromatic carbocycles. The van der Waals surface area contributed by atoms with Crippen LogP contribution in [0.15, 0.2) is 23.1 Å². The molecule has 0 fully saturated rings. The summed E-state index contributed by atoms with van der Waals surface area (Å²) >= 11 is 0. The van der Waals surface area contributed by atoms with E-state index in [1.807, 2.05) is 0 Å². The first-order chi connectivity index (χ1) is 8.59. The zero-order chi connectivity index (χ0) is 13.2. The van der Waals surface area contributed by atoms with Crippen molar-refractivity contribution in [2.75, 3.05) is 26.5 Å². The molecule has 1 aromatic rings. The minimum atomic E-state index is -3.60. The Labute approximate surface area is 106 Å². The van der Waals surface area contributed by atoms with Crippen molar-refractivity contribution in [1.29, 1.82) is 0 Å². The van der Waals surface area contributed by atoms with Crippen LogP contribution >= 0.6 is 0 Å². The number of hydrogen-bond acceptors (Lipinski definition) is 5. The predicted molar refractivity (Wildman–Crippen MR) is 64.1 cm³/mol. The van der Waals surface area contributed by atoms with Gasteiger partial charge in [-0.2, -0.15) is 4.31 Å². The second-order valence-electron chi connectivity index (χ2n) is 3.74. The lowest BCUT2D eigenvalue weighted by molar-refractivity contribution is 0.174. The van der Waals surface area contributed by atoms with E-state index in [0.29, 0.717) is 18.0 Å². The van der Waals surface area contributed by atoms with Crippen LogP contribution in [0.3, 0.4) is 0 Å².